The normalized spacial score (nSPS) is 19.0. The van der Waals surface area contributed by atoms with Gasteiger partial charge in [-0.15, -0.1) is 0 Å². The number of esters is 1. The van der Waals surface area contributed by atoms with Gasteiger partial charge in [0.15, 0.2) is 0 Å². The number of carbonyl (C=O) groups is 1. The molecule has 3 heteroatoms. The maximum Gasteiger partial charge on any atom is 0.330 e. The summed E-state index contributed by atoms with van der Waals surface area (Å²) in [6.07, 6.45) is 14.8. The standard InChI is InChI=1S/C22H32O3/c1-7-25-21(23)12-8-11-19(24-6)16-17(2)13-14-20-18(3)10-9-15-22(20,4)5/h8,11-14,16H,7,9-10,15H2,1-6H3/b12-8+,14-13+,17-16-,19-11+. The van der Waals surface area contributed by atoms with Gasteiger partial charge >= 0.3 is 5.97 Å². The summed E-state index contributed by atoms with van der Waals surface area (Å²) in [7, 11) is 1.62. The highest BCUT2D eigenvalue weighted by Gasteiger charge is 2.26. The zero-order chi connectivity index (χ0) is 18.9. The Balaban J connectivity index is 2.86. The predicted octanol–water partition coefficient (Wildman–Crippen LogP) is 5.67. The Labute approximate surface area is 152 Å². The first-order chi connectivity index (χ1) is 11.8. The molecule has 3 nitrogen and oxygen atoms in total. The first-order valence-electron chi connectivity index (χ1n) is 8.96. The van der Waals surface area contributed by atoms with Crippen LogP contribution in [0.15, 0.2) is 58.9 Å². The molecule has 0 fully saturated rings. The minimum Gasteiger partial charge on any atom is -0.497 e. The van der Waals surface area contributed by atoms with Crippen molar-refractivity contribution in [3.63, 3.8) is 0 Å². The van der Waals surface area contributed by atoms with E-state index < -0.39 is 0 Å². The second kappa shape index (κ2) is 10.1. The van der Waals surface area contributed by atoms with Gasteiger partial charge in [-0.05, 0) is 68.7 Å². The number of methoxy groups -OCH3 is 1. The van der Waals surface area contributed by atoms with Crippen molar-refractivity contribution in [2.75, 3.05) is 13.7 Å². The van der Waals surface area contributed by atoms with E-state index in [1.54, 1.807) is 26.2 Å². The Morgan fingerprint density at radius 3 is 2.60 bits per heavy atom. The van der Waals surface area contributed by atoms with Crippen molar-refractivity contribution >= 4 is 5.97 Å². The summed E-state index contributed by atoms with van der Waals surface area (Å²) in [5.74, 6) is 0.341. The lowest BCUT2D eigenvalue weighted by Gasteiger charge is -2.32. The van der Waals surface area contributed by atoms with E-state index in [0.29, 0.717) is 12.4 Å². The fraction of sp³-hybridized carbons (Fsp3) is 0.500. The molecular formula is C22H32O3. The molecule has 0 atom stereocenters. The Morgan fingerprint density at radius 2 is 2.00 bits per heavy atom. The molecule has 0 radical (unpaired) electrons. The number of hydrogen-bond donors (Lipinski definition) is 0. The van der Waals surface area contributed by atoms with Crippen molar-refractivity contribution in [3.8, 4) is 0 Å². The molecule has 0 saturated heterocycles. The summed E-state index contributed by atoms with van der Waals surface area (Å²) in [6, 6.07) is 0. The maximum absolute atomic E-state index is 11.3. The second-order valence-corrected chi connectivity index (χ2v) is 7.04. The van der Waals surface area contributed by atoms with Crippen LogP contribution in [0.4, 0.5) is 0 Å². The van der Waals surface area contributed by atoms with Gasteiger partial charge in [-0.1, -0.05) is 37.6 Å². The molecule has 0 aromatic carbocycles. The van der Waals surface area contributed by atoms with E-state index >= 15 is 0 Å². The second-order valence-electron chi connectivity index (χ2n) is 7.04. The van der Waals surface area contributed by atoms with E-state index in [4.69, 9.17) is 9.47 Å². The average molecular weight is 344 g/mol. The Kier molecular flexibility index (Phi) is 8.47. The van der Waals surface area contributed by atoms with Crippen LogP contribution in [-0.2, 0) is 14.3 Å². The summed E-state index contributed by atoms with van der Waals surface area (Å²) < 4.78 is 10.2. The summed E-state index contributed by atoms with van der Waals surface area (Å²) in [5.41, 5.74) is 4.26. The van der Waals surface area contributed by atoms with Crippen molar-refractivity contribution in [1.82, 2.24) is 0 Å². The highest BCUT2D eigenvalue weighted by atomic mass is 16.5. The lowest BCUT2D eigenvalue weighted by Crippen LogP contribution is -2.19. The van der Waals surface area contributed by atoms with E-state index in [-0.39, 0.29) is 11.4 Å². The van der Waals surface area contributed by atoms with Crippen molar-refractivity contribution in [2.24, 2.45) is 5.41 Å². The van der Waals surface area contributed by atoms with Gasteiger partial charge in [0.1, 0.15) is 5.76 Å². The molecule has 0 spiro atoms. The fourth-order valence-corrected chi connectivity index (χ4v) is 3.08. The minimum absolute atomic E-state index is 0.238. The Hall–Kier alpha value is -2.03. The van der Waals surface area contributed by atoms with Gasteiger partial charge in [0.2, 0.25) is 0 Å². The fourth-order valence-electron chi connectivity index (χ4n) is 3.08. The van der Waals surface area contributed by atoms with Crippen molar-refractivity contribution in [3.05, 3.63) is 58.9 Å². The molecule has 0 saturated carbocycles. The summed E-state index contributed by atoms with van der Waals surface area (Å²) in [4.78, 5) is 11.3. The van der Waals surface area contributed by atoms with E-state index in [2.05, 4.69) is 32.9 Å². The third-order valence-corrected chi connectivity index (χ3v) is 4.44. The van der Waals surface area contributed by atoms with Crippen LogP contribution >= 0.6 is 0 Å². The molecule has 0 bridgehead atoms. The van der Waals surface area contributed by atoms with Crippen LogP contribution in [0.5, 0.6) is 0 Å². The molecular weight excluding hydrogens is 312 g/mol. The van der Waals surface area contributed by atoms with Gasteiger partial charge in [0, 0.05) is 6.08 Å². The van der Waals surface area contributed by atoms with Gasteiger partial charge in [-0.3, -0.25) is 0 Å². The van der Waals surface area contributed by atoms with Gasteiger partial charge < -0.3 is 9.47 Å². The first-order valence-corrected chi connectivity index (χ1v) is 8.96. The summed E-state index contributed by atoms with van der Waals surface area (Å²) in [5, 5.41) is 0. The highest BCUT2D eigenvalue weighted by molar-refractivity contribution is 5.82. The molecule has 0 heterocycles. The minimum atomic E-state index is -0.350. The van der Waals surface area contributed by atoms with Crippen molar-refractivity contribution in [1.29, 1.82) is 0 Å². The number of allylic oxidation sites excluding steroid dienone is 8. The largest absolute Gasteiger partial charge is 0.497 e. The van der Waals surface area contributed by atoms with E-state index in [1.807, 2.05) is 13.0 Å². The smallest absolute Gasteiger partial charge is 0.330 e. The molecule has 1 aliphatic carbocycles. The summed E-state index contributed by atoms with van der Waals surface area (Å²) in [6.45, 7) is 11.1. The van der Waals surface area contributed by atoms with Crippen LogP contribution in [0.3, 0.4) is 0 Å². The molecule has 0 unspecified atom stereocenters. The molecule has 0 aliphatic heterocycles. The van der Waals surface area contributed by atoms with Gasteiger partial charge in [0.25, 0.3) is 0 Å². The summed E-state index contributed by atoms with van der Waals surface area (Å²) >= 11 is 0. The third-order valence-electron chi connectivity index (χ3n) is 4.44. The van der Waals surface area contributed by atoms with Gasteiger partial charge in [0.05, 0.1) is 13.7 Å². The van der Waals surface area contributed by atoms with Crippen molar-refractivity contribution < 1.29 is 14.3 Å². The first kappa shape index (κ1) is 21.0. The Bertz CT molecular complexity index is 613. The Morgan fingerprint density at radius 1 is 1.28 bits per heavy atom. The van der Waals surface area contributed by atoms with Gasteiger partial charge in [-0.2, -0.15) is 0 Å². The SMILES string of the molecule is CCOC(=O)/C=C/C=C(\C=C(C)/C=C/C1=C(C)CCCC1(C)C)OC. The van der Waals surface area contributed by atoms with Crippen LogP contribution in [0.2, 0.25) is 0 Å². The molecule has 0 aromatic heterocycles. The third kappa shape index (κ3) is 7.16. The monoisotopic (exact) mass is 344 g/mol. The topological polar surface area (TPSA) is 35.5 Å². The number of rotatable bonds is 7. The lowest BCUT2D eigenvalue weighted by molar-refractivity contribution is -0.137. The quantitative estimate of drug-likeness (QED) is 0.258. The molecule has 138 valence electrons. The average Bonchev–Trinajstić information content (AvgIpc) is 2.53. The predicted molar refractivity (Wildman–Crippen MR) is 104 cm³/mol. The van der Waals surface area contributed by atoms with E-state index in [9.17, 15) is 4.79 Å². The molecule has 1 rings (SSSR count). The maximum atomic E-state index is 11.3. The molecule has 0 N–H and O–H groups in total. The van der Waals surface area contributed by atoms with Crippen LogP contribution < -0.4 is 0 Å². The van der Waals surface area contributed by atoms with Crippen LogP contribution in [0.1, 0.15) is 53.9 Å². The molecule has 25 heavy (non-hydrogen) atoms. The van der Waals surface area contributed by atoms with E-state index in [0.717, 1.165) is 5.57 Å². The zero-order valence-electron chi connectivity index (χ0n) is 16.5. The number of carbonyl (C=O) groups excluding carboxylic acids is 1. The number of ether oxygens (including phenoxy) is 2. The van der Waals surface area contributed by atoms with Crippen LogP contribution in [0.25, 0.3) is 0 Å². The zero-order valence-corrected chi connectivity index (χ0v) is 16.5. The molecule has 0 amide bonds. The van der Waals surface area contributed by atoms with Crippen LogP contribution in [0, 0.1) is 5.41 Å². The lowest BCUT2D eigenvalue weighted by atomic mass is 9.72. The molecule has 0 aromatic rings. The van der Waals surface area contributed by atoms with Gasteiger partial charge in [-0.25, -0.2) is 4.79 Å². The highest BCUT2D eigenvalue weighted by Crippen LogP contribution is 2.40. The van der Waals surface area contributed by atoms with Crippen molar-refractivity contribution in [2.45, 2.75) is 53.9 Å². The molecule has 1 aliphatic rings. The van der Waals surface area contributed by atoms with Crippen LogP contribution in [-0.4, -0.2) is 19.7 Å². The number of hydrogen-bond acceptors (Lipinski definition) is 3. The van der Waals surface area contributed by atoms with E-state index in [1.165, 1.54) is 36.5 Å².